The molecule has 1 aliphatic rings. The highest BCUT2D eigenvalue weighted by molar-refractivity contribution is 6.15. The van der Waals surface area contributed by atoms with E-state index in [2.05, 4.69) is 243 Å². The molecule has 0 radical (unpaired) electrons. The fraction of sp³-hybridized carbons (Fsp3) is 0.0492. The third-order valence-corrected chi connectivity index (χ3v) is 13.4. The van der Waals surface area contributed by atoms with Crippen molar-refractivity contribution in [3.8, 4) is 44.5 Å². The van der Waals surface area contributed by atoms with Crippen LogP contribution in [0.5, 0.6) is 0 Å². The maximum atomic E-state index is 2.52. The zero-order valence-corrected chi connectivity index (χ0v) is 34.8. The highest BCUT2D eigenvalue weighted by Gasteiger charge is 2.37. The summed E-state index contributed by atoms with van der Waals surface area (Å²) in [5.41, 5.74) is 15.7. The fourth-order valence-electron chi connectivity index (χ4n) is 10.4. The van der Waals surface area contributed by atoms with Crippen molar-refractivity contribution in [2.75, 3.05) is 4.90 Å². The summed E-state index contributed by atoms with van der Waals surface area (Å²) < 4.78 is 0. The molecular formula is C61H43N. The summed E-state index contributed by atoms with van der Waals surface area (Å²) in [7, 11) is 0. The molecule has 0 aromatic heterocycles. The molecule has 0 aliphatic heterocycles. The van der Waals surface area contributed by atoms with Crippen molar-refractivity contribution < 1.29 is 0 Å². The van der Waals surface area contributed by atoms with Crippen LogP contribution in [0.1, 0.15) is 25.0 Å². The van der Waals surface area contributed by atoms with Crippen molar-refractivity contribution in [3.63, 3.8) is 0 Å². The van der Waals surface area contributed by atoms with Gasteiger partial charge < -0.3 is 4.90 Å². The second-order valence-corrected chi connectivity index (χ2v) is 17.3. The van der Waals surface area contributed by atoms with Crippen LogP contribution in [0.25, 0.3) is 87.6 Å². The number of benzene rings is 11. The lowest BCUT2D eigenvalue weighted by atomic mass is 9.81. The molecule has 1 aliphatic carbocycles. The van der Waals surface area contributed by atoms with E-state index in [1.54, 1.807) is 0 Å². The first-order valence-electron chi connectivity index (χ1n) is 21.7. The van der Waals surface area contributed by atoms with Crippen molar-refractivity contribution in [1.29, 1.82) is 0 Å². The molecule has 0 fully saturated rings. The average molecular weight is 790 g/mol. The van der Waals surface area contributed by atoms with E-state index in [0.29, 0.717) is 0 Å². The highest BCUT2D eigenvalue weighted by atomic mass is 15.1. The van der Waals surface area contributed by atoms with Gasteiger partial charge in [-0.25, -0.2) is 0 Å². The Labute approximate surface area is 362 Å². The molecule has 0 atom stereocenters. The topological polar surface area (TPSA) is 3.24 Å². The highest BCUT2D eigenvalue weighted by Crippen LogP contribution is 2.54. The van der Waals surface area contributed by atoms with Crippen molar-refractivity contribution in [3.05, 3.63) is 236 Å². The lowest BCUT2D eigenvalue weighted by Crippen LogP contribution is -2.17. The summed E-state index contributed by atoms with van der Waals surface area (Å²) in [6.45, 7) is 4.76. The molecule has 0 saturated carbocycles. The van der Waals surface area contributed by atoms with Gasteiger partial charge in [-0.2, -0.15) is 0 Å². The van der Waals surface area contributed by atoms with Gasteiger partial charge in [0.2, 0.25) is 0 Å². The molecule has 62 heavy (non-hydrogen) atoms. The largest absolute Gasteiger partial charge is 0.310 e. The minimum absolute atomic E-state index is 0.181. The van der Waals surface area contributed by atoms with E-state index < -0.39 is 0 Å². The predicted molar refractivity (Wildman–Crippen MR) is 265 cm³/mol. The van der Waals surface area contributed by atoms with Gasteiger partial charge in [0.15, 0.2) is 0 Å². The van der Waals surface area contributed by atoms with Gasteiger partial charge in [0, 0.05) is 22.4 Å². The Hall–Kier alpha value is -7.74. The summed E-state index contributed by atoms with van der Waals surface area (Å²) in [4.78, 5) is 2.52. The Kier molecular flexibility index (Phi) is 8.27. The average Bonchev–Trinajstić information content (AvgIpc) is 3.56. The van der Waals surface area contributed by atoms with Gasteiger partial charge in [-0.1, -0.05) is 190 Å². The Morgan fingerprint density at radius 2 is 0.758 bits per heavy atom. The van der Waals surface area contributed by atoms with Gasteiger partial charge in [-0.05, 0) is 142 Å². The monoisotopic (exact) mass is 789 g/mol. The Bertz CT molecular complexity index is 3400. The van der Waals surface area contributed by atoms with Gasteiger partial charge in [0.1, 0.15) is 0 Å². The van der Waals surface area contributed by atoms with Crippen molar-refractivity contribution in [1.82, 2.24) is 0 Å². The number of anilines is 3. The van der Waals surface area contributed by atoms with Crippen LogP contribution >= 0.6 is 0 Å². The maximum Gasteiger partial charge on any atom is 0.0543 e. The van der Waals surface area contributed by atoms with E-state index in [4.69, 9.17) is 0 Å². The second kappa shape index (κ2) is 14.2. The molecule has 0 spiro atoms. The minimum Gasteiger partial charge on any atom is -0.310 e. The van der Waals surface area contributed by atoms with Gasteiger partial charge in [0.05, 0.1) is 5.69 Å². The quantitative estimate of drug-likeness (QED) is 0.152. The summed E-state index contributed by atoms with van der Waals surface area (Å²) in [6, 6.07) is 83.2. The fourth-order valence-corrected chi connectivity index (χ4v) is 10.4. The van der Waals surface area contributed by atoms with Crippen molar-refractivity contribution in [2.45, 2.75) is 19.3 Å². The number of nitrogens with zero attached hydrogens (tertiary/aromatic N) is 1. The molecule has 11 aromatic rings. The van der Waals surface area contributed by atoms with E-state index in [9.17, 15) is 0 Å². The smallest absolute Gasteiger partial charge is 0.0543 e. The number of hydrogen-bond donors (Lipinski definition) is 0. The Balaban J connectivity index is 1.14. The minimum atomic E-state index is -0.181. The lowest BCUT2D eigenvalue weighted by molar-refractivity contribution is 0.660. The molecule has 0 bridgehead atoms. The van der Waals surface area contributed by atoms with Crippen molar-refractivity contribution >= 4 is 60.2 Å². The summed E-state index contributed by atoms with van der Waals surface area (Å²) >= 11 is 0. The molecule has 0 heterocycles. The maximum absolute atomic E-state index is 2.52. The Morgan fingerprint density at radius 3 is 1.34 bits per heavy atom. The first kappa shape index (κ1) is 36.1. The number of rotatable bonds is 6. The van der Waals surface area contributed by atoms with Crippen LogP contribution in [0.3, 0.4) is 0 Å². The first-order valence-corrected chi connectivity index (χ1v) is 21.7. The molecule has 12 rings (SSSR count). The van der Waals surface area contributed by atoms with E-state index in [0.717, 1.165) is 17.1 Å². The summed E-state index contributed by atoms with van der Waals surface area (Å²) in [5.74, 6) is 0. The molecular weight excluding hydrogens is 747 g/mol. The van der Waals surface area contributed by atoms with Crippen LogP contribution < -0.4 is 4.90 Å². The molecule has 0 saturated heterocycles. The van der Waals surface area contributed by atoms with Crippen molar-refractivity contribution in [2.24, 2.45) is 0 Å². The third-order valence-electron chi connectivity index (χ3n) is 13.4. The molecule has 0 amide bonds. The first-order chi connectivity index (χ1) is 30.5. The van der Waals surface area contributed by atoms with Gasteiger partial charge in [-0.3, -0.25) is 0 Å². The zero-order chi connectivity index (χ0) is 41.4. The van der Waals surface area contributed by atoms with E-state index in [1.807, 2.05) is 0 Å². The SMILES string of the molecule is CC1(C)c2ccccc2-c2cc(-c3ccccc3)c(N(c3cccc(-c4cc5ccccc5c5ccccc45)c3)c3cccc(-c4cc5ccccc5c5ccccc45)c3)cc21. The van der Waals surface area contributed by atoms with Gasteiger partial charge in [0.25, 0.3) is 0 Å². The van der Waals surface area contributed by atoms with Crippen LogP contribution in [-0.2, 0) is 5.41 Å². The van der Waals surface area contributed by atoms with E-state index in [1.165, 1.54) is 98.7 Å². The summed E-state index contributed by atoms with van der Waals surface area (Å²) in [5, 5.41) is 10.1. The lowest BCUT2D eigenvalue weighted by Gasteiger charge is -2.31. The standard InChI is InChI=1S/C61H43N/c1-61(2)58-33-15-14-32-53(58)57-38-56(40-18-4-3-5-19-40)60(39-59(57)61)62(45-24-16-22-41(34-45)54-36-43-20-6-8-26-47(43)49-28-10-12-30-51(49)54)46-25-17-23-42(35-46)55-37-44-21-7-9-27-48(44)50-29-11-13-31-52(50)55/h3-39H,1-2H3. The molecule has 1 nitrogen and oxygen atoms in total. The molecule has 1 heteroatoms. The van der Waals surface area contributed by atoms with Crippen LogP contribution in [0, 0.1) is 0 Å². The molecule has 11 aromatic carbocycles. The number of fused-ring (bicyclic) bond motifs is 9. The predicted octanol–water partition coefficient (Wildman–Crippen LogP) is 17.1. The van der Waals surface area contributed by atoms with Gasteiger partial charge >= 0.3 is 0 Å². The third kappa shape index (κ3) is 5.70. The van der Waals surface area contributed by atoms with Crippen LogP contribution in [-0.4, -0.2) is 0 Å². The summed E-state index contributed by atoms with van der Waals surface area (Å²) in [6.07, 6.45) is 0. The van der Waals surface area contributed by atoms with Crippen LogP contribution in [0.2, 0.25) is 0 Å². The van der Waals surface area contributed by atoms with Crippen LogP contribution in [0.15, 0.2) is 224 Å². The van der Waals surface area contributed by atoms with Gasteiger partial charge in [-0.15, -0.1) is 0 Å². The normalized spacial score (nSPS) is 12.8. The van der Waals surface area contributed by atoms with Crippen LogP contribution in [0.4, 0.5) is 17.1 Å². The van der Waals surface area contributed by atoms with E-state index >= 15 is 0 Å². The molecule has 0 N–H and O–H groups in total. The molecule has 292 valence electrons. The molecule has 0 unspecified atom stereocenters. The van der Waals surface area contributed by atoms with E-state index in [-0.39, 0.29) is 5.41 Å². The zero-order valence-electron chi connectivity index (χ0n) is 34.8. The Morgan fingerprint density at radius 1 is 0.290 bits per heavy atom. The number of hydrogen-bond acceptors (Lipinski definition) is 1. The second-order valence-electron chi connectivity index (χ2n) is 17.3.